The van der Waals surface area contributed by atoms with Gasteiger partial charge in [0.2, 0.25) is 5.91 Å². The number of likely N-dealkylation sites (tertiary alicyclic amines) is 1. The Morgan fingerprint density at radius 2 is 2.00 bits per heavy atom. The summed E-state index contributed by atoms with van der Waals surface area (Å²) in [5.74, 6) is 0.464. The average Bonchev–Trinajstić information content (AvgIpc) is 3.50. The molecule has 1 saturated heterocycles. The van der Waals surface area contributed by atoms with Gasteiger partial charge in [-0.3, -0.25) is 19.7 Å². The molecule has 0 spiro atoms. The molecule has 0 bridgehead atoms. The SMILES string of the molecule is CCn1c(SCC(=O)Nc2cc([N+](=O)[O-])ccc2C)nnc1C1CCCN1C(=O)c1cccc(C)c1. The highest BCUT2D eigenvalue weighted by atomic mass is 32.2. The molecule has 1 aliphatic rings. The number of thioether (sulfide) groups is 1. The summed E-state index contributed by atoms with van der Waals surface area (Å²) in [4.78, 5) is 38.2. The number of aryl methyl sites for hydroxylation is 2. The van der Waals surface area contributed by atoms with Gasteiger partial charge in [-0.2, -0.15) is 0 Å². The van der Waals surface area contributed by atoms with Crippen molar-refractivity contribution in [1.82, 2.24) is 19.7 Å². The van der Waals surface area contributed by atoms with Crippen LogP contribution in [0.4, 0.5) is 11.4 Å². The summed E-state index contributed by atoms with van der Waals surface area (Å²) >= 11 is 1.24. The van der Waals surface area contributed by atoms with E-state index in [0.29, 0.717) is 35.3 Å². The molecular formula is C25H28N6O4S. The first-order chi connectivity index (χ1) is 17.3. The fraction of sp³-hybridized carbons (Fsp3) is 0.360. The molecule has 0 radical (unpaired) electrons. The van der Waals surface area contributed by atoms with E-state index in [-0.39, 0.29) is 29.3 Å². The Labute approximate surface area is 213 Å². The zero-order valence-electron chi connectivity index (χ0n) is 20.4. The zero-order chi connectivity index (χ0) is 25.8. The minimum Gasteiger partial charge on any atom is -0.328 e. The minimum atomic E-state index is -0.495. The van der Waals surface area contributed by atoms with Gasteiger partial charge < -0.3 is 14.8 Å². The second kappa shape index (κ2) is 10.9. The van der Waals surface area contributed by atoms with Crippen LogP contribution in [0.1, 0.15) is 53.1 Å². The summed E-state index contributed by atoms with van der Waals surface area (Å²) in [5.41, 5.74) is 2.75. The number of nitrogens with one attached hydrogen (secondary N) is 1. The quantitative estimate of drug-likeness (QED) is 0.269. The van der Waals surface area contributed by atoms with E-state index in [1.807, 2.05) is 47.6 Å². The first-order valence-electron chi connectivity index (χ1n) is 11.8. The predicted molar refractivity (Wildman–Crippen MR) is 137 cm³/mol. The fourth-order valence-corrected chi connectivity index (χ4v) is 5.16. The maximum absolute atomic E-state index is 13.2. The summed E-state index contributed by atoms with van der Waals surface area (Å²) in [5, 5.41) is 23.1. The van der Waals surface area contributed by atoms with Crippen LogP contribution >= 0.6 is 11.8 Å². The molecule has 1 aromatic heterocycles. The first-order valence-corrected chi connectivity index (χ1v) is 12.8. The van der Waals surface area contributed by atoms with E-state index in [2.05, 4.69) is 15.5 Å². The van der Waals surface area contributed by atoms with E-state index >= 15 is 0 Å². The van der Waals surface area contributed by atoms with Gasteiger partial charge >= 0.3 is 0 Å². The van der Waals surface area contributed by atoms with Crippen molar-refractivity contribution in [3.8, 4) is 0 Å². The van der Waals surface area contributed by atoms with E-state index in [1.165, 1.54) is 23.9 Å². The van der Waals surface area contributed by atoms with Crippen molar-refractivity contribution in [3.63, 3.8) is 0 Å². The Hall–Kier alpha value is -3.73. The smallest absolute Gasteiger partial charge is 0.271 e. The Morgan fingerprint density at radius 3 is 2.72 bits per heavy atom. The number of anilines is 1. The van der Waals surface area contributed by atoms with Crippen molar-refractivity contribution >= 4 is 35.0 Å². The van der Waals surface area contributed by atoms with E-state index in [0.717, 1.165) is 24.0 Å². The second-order valence-electron chi connectivity index (χ2n) is 8.70. The minimum absolute atomic E-state index is 0.0206. The van der Waals surface area contributed by atoms with Crippen molar-refractivity contribution in [3.05, 3.63) is 75.1 Å². The molecule has 0 aliphatic carbocycles. The molecule has 11 heteroatoms. The summed E-state index contributed by atoms with van der Waals surface area (Å²) in [6.45, 7) is 6.97. The van der Waals surface area contributed by atoms with Gasteiger partial charge in [-0.1, -0.05) is 35.5 Å². The molecule has 2 aromatic carbocycles. The maximum atomic E-state index is 13.2. The van der Waals surface area contributed by atoms with Crippen molar-refractivity contribution in [2.24, 2.45) is 0 Å². The third kappa shape index (κ3) is 5.40. The lowest BCUT2D eigenvalue weighted by molar-refractivity contribution is -0.384. The van der Waals surface area contributed by atoms with Crippen LogP contribution in [0.5, 0.6) is 0 Å². The standard InChI is InChI=1S/C25H28N6O4S/c1-4-29-23(21-9-6-12-30(21)24(33)18-8-5-7-16(2)13-18)27-28-25(29)36-15-22(32)26-20-14-19(31(34)35)11-10-17(20)3/h5,7-8,10-11,13-14,21H,4,6,9,12,15H2,1-3H3,(H,26,32). The molecular weight excluding hydrogens is 480 g/mol. The number of hydrogen-bond acceptors (Lipinski definition) is 7. The number of carbonyl (C=O) groups is 2. The molecule has 1 N–H and O–H groups in total. The Kier molecular flexibility index (Phi) is 7.68. The van der Waals surface area contributed by atoms with Crippen LogP contribution in [0, 0.1) is 24.0 Å². The molecule has 1 unspecified atom stereocenters. The Balaban J connectivity index is 1.46. The summed E-state index contributed by atoms with van der Waals surface area (Å²) in [7, 11) is 0. The number of nitro groups is 1. The van der Waals surface area contributed by atoms with Gasteiger partial charge in [-0.05, 0) is 51.3 Å². The number of aromatic nitrogens is 3. The van der Waals surface area contributed by atoms with Gasteiger partial charge in [0.15, 0.2) is 11.0 Å². The van der Waals surface area contributed by atoms with Crippen molar-refractivity contribution < 1.29 is 14.5 Å². The molecule has 1 fully saturated rings. The lowest BCUT2D eigenvalue weighted by Crippen LogP contribution is -2.32. The van der Waals surface area contributed by atoms with Crippen LogP contribution in [-0.2, 0) is 11.3 Å². The Bertz CT molecular complexity index is 1310. The van der Waals surface area contributed by atoms with E-state index in [4.69, 9.17) is 0 Å². The van der Waals surface area contributed by atoms with Gasteiger partial charge in [-0.15, -0.1) is 10.2 Å². The lowest BCUT2D eigenvalue weighted by atomic mass is 10.1. The average molecular weight is 509 g/mol. The number of amides is 2. The summed E-state index contributed by atoms with van der Waals surface area (Å²) < 4.78 is 1.95. The van der Waals surface area contributed by atoms with Crippen LogP contribution in [0.25, 0.3) is 0 Å². The number of benzene rings is 2. The van der Waals surface area contributed by atoms with Gasteiger partial charge in [0, 0.05) is 30.8 Å². The summed E-state index contributed by atoms with van der Waals surface area (Å²) in [6, 6.07) is 11.8. The number of hydrogen-bond donors (Lipinski definition) is 1. The van der Waals surface area contributed by atoms with Crippen LogP contribution in [-0.4, -0.2) is 48.7 Å². The monoisotopic (exact) mass is 508 g/mol. The predicted octanol–water partition coefficient (Wildman–Crippen LogP) is 4.53. The molecule has 2 heterocycles. The molecule has 188 valence electrons. The normalized spacial score (nSPS) is 15.2. The topological polar surface area (TPSA) is 123 Å². The molecule has 0 saturated carbocycles. The molecule has 10 nitrogen and oxygen atoms in total. The largest absolute Gasteiger partial charge is 0.328 e. The highest BCUT2D eigenvalue weighted by molar-refractivity contribution is 7.99. The highest BCUT2D eigenvalue weighted by Gasteiger charge is 2.34. The van der Waals surface area contributed by atoms with Crippen molar-refractivity contribution in [1.29, 1.82) is 0 Å². The van der Waals surface area contributed by atoms with Gasteiger partial charge in [0.1, 0.15) is 0 Å². The number of nitrogens with zero attached hydrogens (tertiary/aromatic N) is 5. The molecule has 1 aliphatic heterocycles. The number of rotatable bonds is 8. The molecule has 1 atom stereocenters. The fourth-order valence-electron chi connectivity index (χ4n) is 4.35. The van der Waals surface area contributed by atoms with Gasteiger partial charge in [0.05, 0.1) is 22.4 Å². The van der Waals surface area contributed by atoms with Crippen molar-refractivity contribution in [2.75, 3.05) is 17.6 Å². The van der Waals surface area contributed by atoms with E-state index in [1.54, 1.807) is 13.0 Å². The van der Waals surface area contributed by atoms with Crippen LogP contribution in [0.2, 0.25) is 0 Å². The van der Waals surface area contributed by atoms with Crippen LogP contribution in [0.15, 0.2) is 47.6 Å². The third-order valence-corrected chi connectivity index (χ3v) is 7.14. The highest BCUT2D eigenvalue weighted by Crippen LogP contribution is 2.34. The van der Waals surface area contributed by atoms with Crippen LogP contribution < -0.4 is 5.32 Å². The second-order valence-corrected chi connectivity index (χ2v) is 9.65. The van der Waals surface area contributed by atoms with Crippen molar-refractivity contribution in [2.45, 2.75) is 51.4 Å². The third-order valence-electron chi connectivity index (χ3n) is 6.18. The maximum Gasteiger partial charge on any atom is 0.271 e. The number of carbonyl (C=O) groups excluding carboxylic acids is 2. The molecule has 3 aromatic rings. The van der Waals surface area contributed by atoms with E-state index < -0.39 is 4.92 Å². The molecule has 4 rings (SSSR count). The molecule has 2 amide bonds. The number of non-ortho nitro benzene ring substituents is 1. The number of nitro benzene ring substituents is 1. The van der Waals surface area contributed by atoms with E-state index in [9.17, 15) is 19.7 Å². The zero-order valence-corrected chi connectivity index (χ0v) is 21.2. The Morgan fingerprint density at radius 1 is 1.19 bits per heavy atom. The van der Waals surface area contributed by atoms with Crippen LogP contribution in [0.3, 0.4) is 0 Å². The van der Waals surface area contributed by atoms with Gasteiger partial charge in [-0.25, -0.2) is 0 Å². The summed E-state index contributed by atoms with van der Waals surface area (Å²) in [6.07, 6.45) is 1.68. The first kappa shape index (κ1) is 25.4. The lowest BCUT2D eigenvalue weighted by Gasteiger charge is -2.24. The van der Waals surface area contributed by atoms with Gasteiger partial charge in [0.25, 0.3) is 11.6 Å². The molecule has 36 heavy (non-hydrogen) atoms.